The summed E-state index contributed by atoms with van der Waals surface area (Å²) in [7, 11) is 7.41. The average Bonchev–Trinajstić information content (AvgIpc) is 1.83. The lowest BCUT2D eigenvalue weighted by molar-refractivity contribution is -0.872. The second-order valence-electron chi connectivity index (χ2n) is 3.96. The lowest BCUT2D eigenvalue weighted by atomic mass is 10.1. The minimum absolute atomic E-state index is 0.283. The van der Waals surface area contributed by atoms with Gasteiger partial charge < -0.3 is 14.3 Å². The maximum Gasteiger partial charge on any atom is 0.314 e. The van der Waals surface area contributed by atoms with Crippen LogP contribution < -0.4 is 0 Å². The first-order chi connectivity index (χ1) is 5.37. The van der Waals surface area contributed by atoms with Gasteiger partial charge in [0.15, 0.2) is 0 Å². The molecule has 4 heteroatoms. The highest BCUT2D eigenvalue weighted by Gasteiger charge is 2.24. The summed E-state index contributed by atoms with van der Waals surface area (Å²) in [6.07, 6.45) is 0. The van der Waals surface area contributed by atoms with Crippen molar-refractivity contribution in [1.82, 2.24) is 0 Å². The fourth-order valence-corrected chi connectivity index (χ4v) is 1.06. The number of carboxylic acids is 1. The van der Waals surface area contributed by atoms with Crippen LogP contribution in [-0.2, 0) is 9.53 Å². The molecule has 0 rings (SSSR count). The van der Waals surface area contributed by atoms with Crippen molar-refractivity contribution in [1.29, 1.82) is 0 Å². The van der Waals surface area contributed by atoms with E-state index < -0.39 is 11.9 Å². The molecule has 0 spiro atoms. The molecule has 0 radical (unpaired) electrons. The summed E-state index contributed by atoms with van der Waals surface area (Å²) in [5.74, 6) is -1.19. The molecular formula is C8H18NO3+. The molecule has 12 heavy (non-hydrogen) atoms. The minimum atomic E-state index is -0.787. The molecule has 0 saturated carbocycles. The van der Waals surface area contributed by atoms with E-state index in [0.717, 1.165) is 0 Å². The van der Waals surface area contributed by atoms with E-state index in [-0.39, 0.29) is 6.61 Å². The second-order valence-corrected chi connectivity index (χ2v) is 3.96. The van der Waals surface area contributed by atoms with Crippen molar-refractivity contribution in [3.63, 3.8) is 0 Å². The van der Waals surface area contributed by atoms with E-state index in [0.29, 0.717) is 11.0 Å². The molecule has 0 aromatic carbocycles. The summed E-state index contributed by atoms with van der Waals surface area (Å²) < 4.78 is 5.46. The zero-order chi connectivity index (χ0) is 9.78. The van der Waals surface area contributed by atoms with Gasteiger partial charge in [-0.05, 0) is 0 Å². The molecule has 0 aliphatic rings. The van der Waals surface area contributed by atoms with E-state index in [2.05, 4.69) is 0 Å². The molecule has 0 aliphatic carbocycles. The number of carboxylic acid groups (broad SMARTS) is 1. The van der Waals surface area contributed by atoms with Gasteiger partial charge in [-0.15, -0.1) is 0 Å². The highest BCUT2D eigenvalue weighted by Crippen LogP contribution is 2.03. The van der Waals surface area contributed by atoms with Gasteiger partial charge in [0.05, 0.1) is 34.3 Å². The Morgan fingerprint density at radius 1 is 1.50 bits per heavy atom. The van der Waals surface area contributed by atoms with E-state index in [1.165, 1.54) is 7.11 Å². The van der Waals surface area contributed by atoms with Gasteiger partial charge >= 0.3 is 5.97 Å². The molecular weight excluding hydrogens is 158 g/mol. The largest absolute Gasteiger partial charge is 0.481 e. The molecule has 1 atom stereocenters. The molecule has 0 aromatic heterocycles. The molecule has 0 heterocycles. The molecule has 1 N–H and O–H groups in total. The van der Waals surface area contributed by atoms with Gasteiger partial charge in [-0.3, -0.25) is 4.79 Å². The van der Waals surface area contributed by atoms with Crippen LogP contribution in [0.1, 0.15) is 0 Å². The Balaban J connectivity index is 4.05. The summed E-state index contributed by atoms with van der Waals surface area (Å²) >= 11 is 0. The Morgan fingerprint density at radius 3 is 2.25 bits per heavy atom. The van der Waals surface area contributed by atoms with Crippen molar-refractivity contribution < 1.29 is 19.1 Å². The first-order valence-corrected chi connectivity index (χ1v) is 3.89. The maximum absolute atomic E-state index is 10.7. The van der Waals surface area contributed by atoms with Crippen LogP contribution in [0.5, 0.6) is 0 Å². The summed E-state index contributed by atoms with van der Waals surface area (Å²) in [4.78, 5) is 10.7. The normalized spacial score (nSPS) is 14.3. The summed E-state index contributed by atoms with van der Waals surface area (Å²) in [5.41, 5.74) is 0. The summed E-state index contributed by atoms with van der Waals surface area (Å²) in [6, 6.07) is 0. The Kier molecular flexibility index (Phi) is 4.20. The van der Waals surface area contributed by atoms with Gasteiger partial charge in [0.1, 0.15) is 5.92 Å². The monoisotopic (exact) mass is 176 g/mol. The van der Waals surface area contributed by atoms with E-state index in [9.17, 15) is 4.79 Å². The lowest BCUT2D eigenvalue weighted by Crippen LogP contribution is -2.43. The van der Waals surface area contributed by atoms with Gasteiger partial charge in [-0.25, -0.2) is 0 Å². The number of quaternary nitrogens is 1. The van der Waals surface area contributed by atoms with E-state index in [1.54, 1.807) is 0 Å². The van der Waals surface area contributed by atoms with Gasteiger partial charge in [0, 0.05) is 7.11 Å². The zero-order valence-electron chi connectivity index (χ0n) is 8.20. The molecule has 0 bridgehead atoms. The van der Waals surface area contributed by atoms with Crippen molar-refractivity contribution in [3.8, 4) is 0 Å². The van der Waals surface area contributed by atoms with Gasteiger partial charge in [0.2, 0.25) is 0 Å². The van der Waals surface area contributed by atoms with Crippen molar-refractivity contribution in [2.45, 2.75) is 0 Å². The molecule has 0 aliphatic heterocycles. The molecule has 0 saturated heterocycles. The molecule has 0 unspecified atom stereocenters. The Bertz CT molecular complexity index is 151. The average molecular weight is 176 g/mol. The molecule has 72 valence electrons. The molecule has 0 fully saturated rings. The third-order valence-electron chi connectivity index (χ3n) is 1.49. The highest BCUT2D eigenvalue weighted by atomic mass is 16.5. The molecule has 0 amide bonds. The first kappa shape index (κ1) is 11.4. The maximum atomic E-state index is 10.7. The quantitative estimate of drug-likeness (QED) is 0.602. The molecule has 4 nitrogen and oxygen atoms in total. The number of nitrogens with zero attached hydrogens (tertiary/aromatic N) is 1. The zero-order valence-corrected chi connectivity index (χ0v) is 8.20. The van der Waals surface area contributed by atoms with Crippen LogP contribution in [0.4, 0.5) is 0 Å². The number of ether oxygens (including phenoxy) is 1. The Labute approximate surface area is 73.3 Å². The Hall–Kier alpha value is -0.610. The third kappa shape index (κ3) is 5.09. The smallest absolute Gasteiger partial charge is 0.314 e. The number of carbonyl (C=O) groups is 1. The number of aliphatic carboxylic acids is 1. The van der Waals surface area contributed by atoms with Crippen LogP contribution >= 0.6 is 0 Å². The lowest BCUT2D eigenvalue weighted by Gasteiger charge is -2.26. The topological polar surface area (TPSA) is 46.5 Å². The van der Waals surface area contributed by atoms with Gasteiger partial charge in [0.25, 0.3) is 0 Å². The van der Waals surface area contributed by atoms with Crippen molar-refractivity contribution >= 4 is 5.97 Å². The van der Waals surface area contributed by atoms with Crippen molar-refractivity contribution in [2.24, 2.45) is 5.92 Å². The predicted molar refractivity (Wildman–Crippen MR) is 45.9 cm³/mol. The summed E-state index contributed by atoms with van der Waals surface area (Å²) in [6.45, 7) is 0.869. The number of rotatable bonds is 5. The second kappa shape index (κ2) is 4.42. The number of hydrogen-bond acceptors (Lipinski definition) is 2. The van der Waals surface area contributed by atoms with Crippen LogP contribution in [0.15, 0.2) is 0 Å². The van der Waals surface area contributed by atoms with Crippen LogP contribution in [0.2, 0.25) is 0 Å². The van der Waals surface area contributed by atoms with E-state index >= 15 is 0 Å². The van der Waals surface area contributed by atoms with E-state index in [4.69, 9.17) is 9.84 Å². The Morgan fingerprint density at radius 2 is 2.00 bits per heavy atom. The standard InChI is InChI=1S/C8H17NO3/c1-9(2,3)5-7(6-12-4)8(10)11/h7H,5-6H2,1-4H3/p+1/t7-/m1/s1. The predicted octanol–water partition coefficient (Wildman–Crippen LogP) is 0.0398. The summed E-state index contributed by atoms with van der Waals surface area (Å²) in [5, 5.41) is 8.78. The third-order valence-corrected chi connectivity index (χ3v) is 1.49. The number of hydrogen-bond donors (Lipinski definition) is 1. The SMILES string of the molecule is COC[C@@H](C[N+](C)(C)C)C(=O)O. The van der Waals surface area contributed by atoms with Crippen LogP contribution in [0.25, 0.3) is 0 Å². The van der Waals surface area contributed by atoms with Crippen molar-refractivity contribution in [2.75, 3.05) is 41.4 Å². The van der Waals surface area contributed by atoms with Crippen molar-refractivity contribution in [3.05, 3.63) is 0 Å². The fraction of sp³-hybridized carbons (Fsp3) is 0.875. The first-order valence-electron chi connectivity index (χ1n) is 3.89. The highest BCUT2D eigenvalue weighted by molar-refractivity contribution is 5.70. The van der Waals surface area contributed by atoms with Crippen LogP contribution in [-0.4, -0.2) is 57.0 Å². The van der Waals surface area contributed by atoms with E-state index in [1.807, 2.05) is 21.1 Å². The molecule has 0 aromatic rings. The van der Waals surface area contributed by atoms with Crippen LogP contribution in [0.3, 0.4) is 0 Å². The number of methoxy groups -OCH3 is 1. The van der Waals surface area contributed by atoms with Gasteiger partial charge in [-0.1, -0.05) is 0 Å². The fourth-order valence-electron chi connectivity index (χ4n) is 1.06. The van der Waals surface area contributed by atoms with Crippen LogP contribution in [0, 0.1) is 5.92 Å². The van der Waals surface area contributed by atoms with Gasteiger partial charge in [-0.2, -0.15) is 0 Å². The minimum Gasteiger partial charge on any atom is -0.481 e.